The van der Waals surface area contributed by atoms with Crippen LogP contribution in [0.5, 0.6) is 0 Å². The number of aliphatic carboxylic acids is 6. The molecule has 17 heteroatoms. The van der Waals surface area contributed by atoms with E-state index in [0.717, 1.165) is 51.3 Å². The number of rotatable bonds is 12. The van der Waals surface area contributed by atoms with Crippen molar-refractivity contribution < 1.29 is 111 Å². The van der Waals surface area contributed by atoms with Crippen LogP contribution in [-0.2, 0) is 80.0 Å². The summed E-state index contributed by atoms with van der Waals surface area (Å²) >= 11 is 0. The zero-order valence-corrected chi connectivity index (χ0v) is 22.0. The monoisotopic (exact) mass is 649 g/mol. The minimum absolute atomic E-state index is 0. The van der Waals surface area contributed by atoms with Crippen molar-refractivity contribution in [3.05, 3.63) is 0 Å². The molecule has 0 aliphatic heterocycles. The van der Waals surface area contributed by atoms with E-state index in [0.29, 0.717) is 0 Å². The summed E-state index contributed by atoms with van der Waals surface area (Å²) in [5.41, 5.74) is 0. The SMILES string of the molecule is CC(C(=O)[O-])N(C(C)C(=O)[O-])C(C)C(=O)[O-].CC(C(=O)[O-])N(C(C)C(=O)[O-])C(C)C(=O)[O-].[Cu+2].[Cu+2].[Cu+2]. The first kappa shape index (κ1) is 43.4. The summed E-state index contributed by atoms with van der Waals surface area (Å²) in [6, 6.07) is -8.25. The topological polar surface area (TPSA) is 247 Å². The smallest absolute Gasteiger partial charge is 0.548 e. The molecule has 0 amide bonds. The van der Waals surface area contributed by atoms with Crippen molar-refractivity contribution in [1.82, 2.24) is 9.80 Å². The van der Waals surface area contributed by atoms with Gasteiger partial charge in [0, 0.05) is 36.3 Å². The van der Waals surface area contributed by atoms with Crippen LogP contribution in [0.15, 0.2) is 0 Å². The molecule has 0 N–H and O–H groups in total. The van der Waals surface area contributed by atoms with Gasteiger partial charge in [-0.25, -0.2) is 0 Å². The molecule has 6 atom stereocenters. The van der Waals surface area contributed by atoms with Crippen molar-refractivity contribution in [1.29, 1.82) is 0 Å². The average Bonchev–Trinajstić information content (AvgIpc) is 2.67. The van der Waals surface area contributed by atoms with E-state index < -0.39 is 72.1 Å². The number of hydrogen-bond acceptors (Lipinski definition) is 14. The number of carboxylic acids is 6. The third kappa shape index (κ3) is 13.8. The molecule has 14 nitrogen and oxygen atoms in total. The van der Waals surface area contributed by atoms with Crippen LogP contribution in [0.1, 0.15) is 41.5 Å². The Morgan fingerprint density at radius 3 is 0.514 bits per heavy atom. The molecular weight excluding hydrogens is 627 g/mol. The third-order valence-electron chi connectivity index (χ3n) is 4.73. The van der Waals surface area contributed by atoms with Crippen LogP contribution in [0, 0.1) is 0 Å². The molecule has 0 fully saturated rings. The molecule has 0 aromatic carbocycles. The summed E-state index contributed by atoms with van der Waals surface area (Å²) in [5.74, 6) is -9.41. The second kappa shape index (κ2) is 19.5. The van der Waals surface area contributed by atoms with E-state index in [4.69, 9.17) is 0 Å². The Bertz CT molecular complexity index is 584. The van der Waals surface area contributed by atoms with Crippen molar-refractivity contribution in [3.8, 4) is 0 Å². The first-order valence-electron chi connectivity index (χ1n) is 9.19. The van der Waals surface area contributed by atoms with Gasteiger partial charge in [0.15, 0.2) is 0 Å². The zero-order chi connectivity index (χ0) is 26.1. The van der Waals surface area contributed by atoms with Crippen LogP contribution in [0.2, 0.25) is 0 Å². The normalized spacial score (nSPS) is 15.1. The predicted molar refractivity (Wildman–Crippen MR) is 90.5 cm³/mol. The largest absolute Gasteiger partial charge is 2.00 e. The van der Waals surface area contributed by atoms with Gasteiger partial charge in [0.1, 0.15) is 0 Å². The van der Waals surface area contributed by atoms with Crippen LogP contribution in [-0.4, -0.2) is 81.9 Å². The van der Waals surface area contributed by atoms with E-state index in [9.17, 15) is 59.4 Å². The van der Waals surface area contributed by atoms with Crippen molar-refractivity contribution in [3.63, 3.8) is 0 Å². The molecule has 0 heterocycles. The van der Waals surface area contributed by atoms with E-state index in [1.807, 2.05) is 0 Å². The van der Waals surface area contributed by atoms with Crippen LogP contribution in [0.25, 0.3) is 0 Å². The molecule has 0 spiro atoms. The second-order valence-corrected chi connectivity index (χ2v) is 6.86. The minimum Gasteiger partial charge on any atom is -0.548 e. The summed E-state index contributed by atoms with van der Waals surface area (Å²) in [5, 5.41) is 63.7. The Hall–Kier alpha value is -1.70. The molecule has 3 radical (unpaired) electrons. The molecular formula is C18H24Cu3N2O12. The van der Waals surface area contributed by atoms with Gasteiger partial charge in [-0.05, 0) is 41.5 Å². The maximum atomic E-state index is 10.6. The molecule has 0 aliphatic carbocycles. The molecule has 0 saturated heterocycles. The van der Waals surface area contributed by atoms with E-state index >= 15 is 0 Å². The predicted octanol–water partition coefficient (Wildman–Crippen LogP) is -8.60. The van der Waals surface area contributed by atoms with Gasteiger partial charge in [-0.2, -0.15) is 0 Å². The van der Waals surface area contributed by atoms with E-state index in [1.54, 1.807) is 0 Å². The Morgan fingerprint density at radius 1 is 0.371 bits per heavy atom. The molecule has 0 bridgehead atoms. The first-order valence-corrected chi connectivity index (χ1v) is 9.19. The van der Waals surface area contributed by atoms with Crippen molar-refractivity contribution in [2.75, 3.05) is 0 Å². The summed E-state index contributed by atoms with van der Waals surface area (Å²) in [6.45, 7) is 6.80. The van der Waals surface area contributed by atoms with Crippen LogP contribution in [0.3, 0.4) is 0 Å². The van der Waals surface area contributed by atoms with Gasteiger partial charge >= 0.3 is 51.2 Å². The van der Waals surface area contributed by atoms with E-state index in [2.05, 4.69) is 0 Å². The Kier molecular flexibility index (Phi) is 24.1. The number of carbonyl (C=O) groups is 6. The maximum Gasteiger partial charge on any atom is 2.00 e. The van der Waals surface area contributed by atoms with Crippen molar-refractivity contribution >= 4 is 35.8 Å². The quantitative estimate of drug-likeness (QED) is 0.178. The molecule has 0 rings (SSSR count). The van der Waals surface area contributed by atoms with Crippen molar-refractivity contribution in [2.45, 2.75) is 77.8 Å². The summed E-state index contributed by atoms with van der Waals surface area (Å²) in [7, 11) is 0. The van der Waals surface area contributed by atoms with Crippen LogP contribution >= 0.6 is 0 Å². The Balaban J connectivity index is -0.000000158. The minimum atomic E-state index is -1.57. The summed E-state index contributed by atoms with van der Waals surface area (Å²) < 4.78 is 0. The molecule has 0 aromatic heterocycles. The summed E-state index contributed by atoms with van der Waals surface area (Å²) in [4.78, 5) is 65.2. The van der Waals surface area contributed by atoms with Gasteiger partial charge in [0.25, 0.3) is 0 Å². The fourth-order valence-corrected chi connectivity index (χ4v) is 2.74. The summed E-state index contributed by atoms with van der Waals surface area (Å²) in [6.07, 6.45) is 0. The Labute approximate surface area is 233 Å². The van der Waals surface area contributed by atoms with Crippen molar-refractivity contribution in [2.24, 2.45) is 0 Å². The molecule has 0 aromatic rings. The standard InChI is InChI=1S/2C9H15NO6.3Cu/c2*1-4(7(11)12)10(5(2)8(13)14)6(3)9(15)16;;;/h2*4-6H,1-3H3,(H,11,12)(H,13,14)(H,15,16);;;/q;;3*+2/p-6. The average molecular weight is 651 g/mol. The van der Waals surface area contributed by atoms with Gasteiger partial charge in [-0.15, -0.1) is 0 Å². The van der Waals surface area contributed by atoms with Crippen LogP contribution in [0.4, 0.5) is 0 Å². The Morgan fingerprint density at radius 2 is 0.457 bits per heavy atom. The van der Waals surface area contributed by atoms with E-state index in [-0.39, 0.29) is 51.2 Å². The fourth-order valence-electron chi connectivity index (χ4n) is 2.74. The number of hydrogen-bond donors (Lipinski definition) is 0. The van der Waals surface area contributed by atoms with Gasteiger partial charge in [-0.3, -0.25) is 9.80 Å². The number of carbonyl (C=O) groups excluding carboxylic acids is 6. The molecule has 211 valence electrons. The number of carboxylic acid groups (broad SMARTS) is 6. The molecule has 35 heavy (non-hydrogen) atoms. The van der Waals surface area contributed by atoms with E-state index in [1.165, 1.54) is 0 Å². The van der Waals surface area contributed by atoms with Gasteiger partial charge in [0.2, 0.25) is 0 Å². The van der Waals surface area contributed by atoms with Crippen LogP contribution < -0.4 is 30.6 Å². The third-order valence-corrected chi connectivity index (χ3v) is 4.73. The zero-order valence-electron chi connectivity index (χ0n) is 19.2. The second-order valence-electron chi connectivity index (χ2n) is 6.86. The molecule has 6 unspecified atom stereocenters. The molecule has 0 saturated carbocycles. The van der Waals surface area contributed by atoms with Gasteiger partial charge < -0.3 is 59.4 Å². The number of nitrogens with zero attached hydrogens (tertiary/aromatic N) is 2. The first-order chi connectivity index (χ1) is 14.4. The maximum absolute atomic E-state index is 10.6. The fraction of sp³-hybridized carbons (Fsp3) is 0.667. The molecule has 0 aliphatic rings. The van der Waals surface area contributed by atoms with Gasteiger partial charge in [-0.1, -0.05) is 0 Å². The van der Waals surface area contributed by atoms with Gasteiger partial charge in [0.05, 0.1) is 35.8 Å².